The number of nitrogens with zero attached hydrogens (tertiary/aromatic N) is 2. The van der Waals surface area contributed by atoms with Gasteiger partial charge in [0.25, 0.3) is 0 Å². The molecule has 2 heterocycles. The fourth-order valence-electron chi connectivity index (χ4n) is 3.55. The standard InChI is InChI=1S/C12H24N2O.C11H21NO2/c1-11(2)5-3-6-12(15)14-9-4-7-13-8-10-14;1-10(2)4-3-5-11(13)12-6-8-14-9-7-12/h11,13H,3-10H2,1-2H3;10H,3-9H2,1-2H3. The van der Waals surface area contributed by atoms with E-state index in [0.29, 0.717) is 43.3 Å². The highest BCUT2D eigenvalue weighted by Crippen LogP contribution is 2.10. The summed E-state index contributed by atoms with van der Waals surface area (Å²) in [6.45, 7) is 15.6. The Labute approximate surface area is 178 Å². The van der Waals surface area contributed by atoms with E-state index in [1.165, 1.54) is 0 Å². The van der Waals surface area contributed by atoms with Gasteiger partial charge in [0.1, 0.15) is 0 Å². The van der Waals surface area contributed by atoms with Crippen LogP contribution in [0.4, 0.5) is 0 Å². The van der Waals surface area contributed by atoms with Crippen molar-refractivity contribution < 1.29 is 14.3 Å². The molecule has 2 saturated heterocycles. The van der Waals surface area contributed by atoms with Crippen LogP contribution in [0.15, 0.2) is 0 Å². The van der Waals surface area contributed by atoms with Gasteiger partial charge in [0.05, 0.1) is 13.2 Å². The lowest BCUT2D eigenvalue weighted by atomic mass is 10.1. The second-order valence-corrected chi connectivity index (χ2v) is 9.05. The highest BCUT2D eigenvalue weighted by atomic mass is 16.5. The van der Waals surface area contributed by atoms with E-state index in [1.807, 2.05) is 9.80 Å². The van der Waals surface area contributed by atoms with E-state index in [2.05, 4.69) is 33.0 Å². The van der Waals surface area contributed by atoms with E-state index < -0.39 is 0 Å². The fraction of sp³-hybridized carbons (Fsp3) is 0.913. The molecule has 0 atom stereocenters. The Morgan fingerprint density at radius 1 is 0.793 bits per heavy atom. The molecule has 2 aliphatic heterocycles. The summed E-state index contributed by atoms with van der Waals surface area (Å²) in [6, 6.07) is 0. The molecule has 2 rings (SSSR count). The predicted molar refractivity (Wildman–Crippen MR) is 119 cm³/mol. The molecular formula is C23H45N3O3. The van der Waals surface area contributed by atoms with E-state index in [1.54, 1.807) is 0 Å². The Bertz CT molecular complexity index is 441. The number of hydrogen-bond acceptors (Lipinski definition) is 4. The lowest BCUT2D eigenvalue weighted by Crippen LogP contribution is -2.40. The van der Waals surface area contributed by atoms with E-state index in [9.17, 15) is 9.59 Å². The topological polar surface area (TPSA) is 61.9 Å². The molecule has 0 aromatic rings. The third-order valence-corrected chi connectivity index (χ3v) is 5.40. The Morgan fingerprint density at radius 3 is 1.83 bits per heavy atom. The Balaban J connectivity index is 0.000000291. The zero-order valence-corrected chi connectivity index (χ0v) is 19.4. The molecule has 29 heavy (non-hydrogen) atoms. The molecule has 2 fully saturated rings. The molecule has 0 aromatic heterocycles. The maximum Gasteiger partial charge on any atom is 0.222 e. The summed E-state index contributed by atoms with van der Waals surface area (Å²) >= 11 is 0. The zero-order chi connectivity index (χ0) is 21.5. The number of amides is 2. The van der Waals surface area contributed by atoms with Gasteiger partial charge in [0, 0.05) is 45.6 Å². The molecule has 2 amide bonds. The minimum absolute atomic E-state index is 0.300. The summed E-state index contributed by atoms with van der Waals surface area (Å²) in [5, 5.41) is 3.31. The van der Waals surface area contributed by atoms with Crippen LogP contribution in [0.1, 0.15) is 72.6 Å². The van der Waals surface area contributed by atoms with Gasteiger partial charge >= 0.3 is 0 Å². The summed E-state index contributed by atoms with van der Waals surface area (Å²) in [5.41, 5.74) is 0. The average Bonchev–Trinajstić information content (AvgIpc) is 2.98. The van der Waals surface area contributed by atoms with Gasteiger partial charge in [-0.25, -0.2) is 0 Å². The first-order chi connectivity index (χ1) is 13.9. The second kappa shape index (κ2) is 15.7. The molecule has 6 heteroatoms. The first-order valence-corrected chi connectivity index (χ1v) is 11.7. The normalized spacial score (nSPS) is 17.7. The third kappa shape index (κ3) is 12.9. The van der Waals surface area contributed by atoms with Crippen molar-refractivity contribution in [2.75, 3.05) is 52.5 Å². The summed E-state index contributed by atoms with van der Waals surface area (Å²) in [4.78, 5) is 27.4. The largest absolute Gasteiger partial charge is 0.378 e. The highest BCUT2D eigenvalue weighted by Gasteiger charge is 2.16. The molecule has 0 aliphatic carbocycles. The highest BCUT2D eigenvalue weighted by molar-refractivity contribution is 5.76. The van der Waals surface area contributed by atoms with E-state index >= 15 is 0 Å². The van der Waals surface area contributed by atoms with Crippen molar-refractivity contribution in [3.8, 4) is 0 Å². The Hall–Kier alpha value is -1.14. The van der Waals surface area contributed by atoms with Crippen LogP contribution in [-0.2, 0) is 14.3 Å². The van der Waals surface area contributed by atoms with Crippen LogP contribution >= 0.6 is 0 Å². The van der Waals surface area contributed by atoms with Gasteiger partial charge in [0.15, 0.2) is 0 Å². The molecule has 0 saturated carbocycles. The second-order valence-electron chi connectivity index (χ2n) is 9.05. The quantitative estimate of drug-likeness (QED) is 0.666. The van der Waals surface area contributed by atoms with Gasteiger partial charge in [-0.1, -0.05) is 40.5 Å². The van der Waals surface area contributed by atoms with Crippen LogP contribution in [-0.4, -0.2) is 74.1 Å². The molecule has 2 aliphatic rings. The van der Waals surface area contributed by atoms with Crippen molar-refractivity contribution in [2.45, 2.75) is 72.6 Å². The number of morpholine rings is 1. The van der Waals surface area contributed by atoms with Gasteiger partial charge in [-0.2, -0.15) is 0 Å². The monoisotopic (exact) mass is 411 g/mol. The number of hydrogen-bond donors (Lipinski definition) is 1. The summed E-state index contributed by atoms with van der Waals surface area (Å²) in [7, 11) is 0. The Kier molecular flexibility index (Phi) is 14.0. The average molecular weight is 412 g/mol. The lowest BCUT2D eigenvalue weighted by molar-refractivity contribution is -0.135. The SMILES string of the molecule is CC(C)CCCC(=O)N1CCCNCC1.CC(C)CCCC(=O)N1CCOCC1. The van der Waals surface area contributed by atoms with Gasteiger partial charge < -0.3 is 19.9 Å². The van der Waals surface area contributed by atoms with Crippen LogP contribution < -0.4 is 5.32 Å². The first-order valence-electron chi connectivity index (χ1n) is 11.7. The van der Waals surface area contributed by atoms with Crippen molar-refractivity contribution in [2.24, 2.45) is 11.8 Å². The summed E-state index contributed by atoms with van der Waals surface area (Å²) < 4.78 is 5.20. The maximum atomic E-state index is 11.8. The van der Waals surface area contributed by atoms with Crippen LogP contribution in [0, 0.1) is 11.8 Å². The van der Waals surface area contributed by atoms with Crippen molar-refractivity contribution in [1.29, 1.82) is 0 Å². The van der Waals surface area contributed by atoms with E-state index in [-0.39, 0.29) is 0 Å². The number of carbonyl (C=O) groups is 2. The van der Waals surface area contributed by atoms with Gasteiger partial charge in [0.2, 0.25) is 11.8 Å². The number of carbonyl (C=O) groups excluding carboxylic acids is 2. The molecule has 0 unspecified atom stereocenters. The van der Waals surface area contributed by atoms with Crippen molar-refractivity contribution >= 4 is 11.8 Å². The molecule has 170 valence electrons. The van der Waals surface area contributed by atoms with Crippen molar-refractivity contribution in [3.05, 3.63) is 0 Å². The van der Waals surface area contributed by atoms with Crippen LogP contribution in [0.3, 0.4) is 0 Å². The number of rotatable bonds is 8. The van der Waals surface area contributed by atoms with Crippen molar-refractivity contribution in [1.82, 2.24) is 15.1 Å². The molecule has 1 N–H and O–H groups in total. The third-order valence-electron chi connectivity index (χ3n) is 5.40. The molecule has 0 aromatic carbocycles. The number of ether oxygens (including phenoxy) is 1. The minimum Gasteiger partial charge on any atom is -0.378 e. The number of nitrogens with one attached hydrogen (secondary N) is 1. The first kappa shape index (κ1) is 25.9. The van der Waals surface area contributed by atoms with Gasteiger partial charge in [-0.3, -0.25) is 9.59 Å². The maximum absolute atomic E-state index is 11.8. The molecule has 0 radical (unpaired) electrons. The van der Waals surface area contributed by atoms with E-state index in [4.69, 9.17) is 4.74 Å². The van der Waals surface area contributed by atoms with Gasteiger partial charge in [-0.05, 0) is 37.6 Å². The minimum atomic E-state index is 0.300. The van der Waals surface area contributed by atoms with E-state index in [0.717, 1.165) is 77.8 Å². The summed E-state index contributed by atoms with van der Waals surface area (Å²) in [5.74, 6) is 2.06. The zero-order valence-electron chi connectivity index (χ0n) is 19.4. The molecular weight excluding hydrogens is 366 g/mol. The summed E-state index contributed by atoms with van der Waals surface area (Å²) in [6.07, 6.45) is 6.91. The molecule has 0 bridgehead atoms. The smallest absolute Gasteiger partial charge is 0.222 e. The Morgan fingerprint density at radius 2 is 1.31 bits per heavy atom. The predicted octanol–water partition coefficient (Wildman–Crippen LogP) is 3.31. The molecule has 6 nitrogen and oxygen atoms in total. The van der Waals surface area contributed by atoms with Crippen LogP contribution in [0.25, 0.3) is 0 Å². The lowest BCUT2D eigenvalue weighted by Gasteiger charge is -2.26. The molecule has 0 spiro atoms. The van der Waals surface area contributed by atoms with Gasteiger partial charge in [-0.15, -0.1) is 0 Å². The van der Waals surface area contributed by atoms with Crippen molar-refractivity contribution in [3.63, 3.8) is 0 Å². The van der Waals surface area contributed by atoms with Crippen LogP contribution in [0.2, 0.25) is 0 Å². The fourth-order valence-corrected chi connectivity index (χ4v) is 3.55. The van der Waals surface area contributed by atoms with Crippen LogP contribution in [0.5, 0.6) is 0 Å².